The highest BCUT2D eigenvalue weighted by Gasteiger charge is 2.41. The smallest absolute Gasteiger partial charge is 0.0807 e. The molecule has 1 aromatic rings. The first kappa shape index (κ1) is 18.2. The van der Waals surface area contributed by atoms with Crippen molar-refractivity contribution in [3.8, 4) is 0 Å². The molecular formula is C21H33N3O2. The van der Waals surface area contributed by atoms with Crippen LogP contribution in [0.15, 0.2) is 24.3 Å². The Labute approximate surface area is 157 Å². The van der Waals surface area contributed by atoms with Gasteiger partial charge in [-0.15, -0.1) is 0 Å². The minimum atomic E-state index is -0.589. The molecular weight excluding hydrogens is 326 g/mol. The van der Waals surface area contributed by atoms with E-state index in [9.17, 15) is 10.2 Å². The first-order valence-electron chi connectivity index (χ1n) is 10.1. The van der Waals surface area contributed by atoms with Crippen molar-refractivity contribution in [3.63, 3.8) is 0 Å². The lowest BCUT2D eigenvalue weighted by Gasteiger charge is -2.47. The van der Waals surface area contributed by atoms with Gasteiger partial charge in [0.25, 0.3) is 0 Å². The van der Waals surface area contributed by atoms with Crippen molar-refractivity contribution < 1.29 is 10.2 Å². The number of piperazine rings is 1. The molecule has 3 atom stereocenters. The van der Waals surface area contributed by atoms with Crippen LogP contribution >= 0.6 is 0 Å². The molecule has 5 heteroatoms. The predicted octanol–water partition coefficient (Wildman–Crippen LogP) is 1.47. The minimum Gasteiger partial charge on any atom is -0.392 e. The third kappa shape index (κ3) is 3.77. The van der Waals surface area contributed by atoms with Crippen LogP contribution in [0, 0.1) is 6.92 Å². The summed E-state index contributed by atoms with van der Waals surface area (Å²) < 4.78 is 0. The molecule has 3 aliphatic rings. The number of hydrogen-bond donors (Lipinski definition) is 2. The van der Waals surface area contributed by atoms with Gasteiger partial charge in [-0.1, -0.05) is 12.1 Å². The average molecular weight is 360 g/mol. The molecule has 1 aromatic carbocycles. The molecule has 5 nitrogen and oxygen atoms in total. The highest BCUT2D eigenvalue weighted by molar-refractivity contribution is 5.48. The van der Waals surface area contributed by atoms with Gasteiger partial charge in [0.15, 0.2) is 0 Å². The summed E-state index contributed by atoms with van der Waals surface area (Å²) >= 11 is 0. The first-order chi connectivity index (χ1) is 12.4. The molecule has 0 spiro atoms. The van der Waals surface area contributed by atoms with Crippen LogP contribution in [0.4, 0.5) is 5.69 Å². The van der Waals surface area contributed by atoms with Gasteiger partial charge in [0.2, 0.25) is 0 Å². The van der Waals surface area contributed by atoms with Gasteiger partial charge in [0.1, 0.15) is 0 Å². The second-order valence-electron chi connectivity index (χ2n) is 8.83. The van der Waals surface area contributed by atoms with Crippen LogP contribution in [0.25, 0.3) is 0 Å². The zero-order chi connectivity index (χ0) is 18.3. The molecule has 3 heterocycles. The van der Waals surface area contributed by atoms with Crippen LogP contribution < -0.4 is 4.90 Å². The second-order valence-corrected chi connectivity index (χ2v) is 8.83. The number of benzene rings is 1. The average Bonchev–Trinajstić information content (AvgIpc) is 2.94. The largest absolute Gasteiger partial charge is 0.392 e. The summed E-state index contributed by atoms with van der Waals surface area (Å²) in [7, 11) is 0. The third-order valence-corrected chi connectivity index (χ3v) is 6.63. The molecule has 3 fully saturated rings. The van der Waals surface area contributed by atoms with Crippen LogP contribution in [0.5, 0.6) is 0 Å². The van der Waals surface area contributed by atoms with Crippen molar-refractivity contribution in [2.75, 3.05) is 44.2 Å². The second kappa shape index (κ2) is 7.12. The molecule has 4 rings (SSSR count). The van der Waals surface area contributed by atoms with Crippen LogP contribution in [-0.4, -0.2) is 83.1 Å². The Morgan fingerprint density at radius 1 is 1.15 bits per heavy atom. The fourth-order valence-corrected chi connectivity index (χ4v) is 5.04. The van der Waals surface area contributed by atoms with Crippen molar-refractivity contribution in [3.05, 3.63) is 29.8 Å². The van der Waals surface area contributed by atoms with Crippen LogP contribution in [0.3, 0.4) is 0 Å². The fourth-order valence-electron chi connectivity index (χ4n) is 5.04. The minimum absolute atomic E-state index is 0.173. The van der Waals surface area contributed by atoms with E-state index in [0.29, 0.717) is 12.1 Å². The molecule has 3 aliphatic heterocycles. The Balaban J connectivity index is 1.35. The quantitative estimate of drug-likeness (QED) is 0.856. The zero-order valence-electron chi connectivity index (χ0n) is 16.1. The van der Waals surface area contributed by atoms with Gasteiger partial charge < -0.3 is 15.1 Å². The van der Waals surface area contributed by atoms with Crippen LogP contribution in [-0.2, 0) is 0 Å². The fraction of sp³-hybridized carbons (Fsp3) is 0.714. The van der Waals surface area contributed by atoms with Crippen molar-refractivity contribution in [2.24, 2.45) is 0 Å². The maximum absolute atomic E-state index is 11.2. The molecule has 0 aliphatic carbocycles. The van der Waals surface area contributed by atoms with E-state index in [1.165, 1.54) is 11.3 Å². The number of anilines is 1. The molecule has 2 N–H and O–H groups in total. The van der Waals surface area contributed by atoms with Gasteiger partial charge in [-0.25, -0.2) is 0 Å². The third-order valence-electron chi connectivity index (χ3n) is 6.63. The maximum atomic E-state index is 11.2. The summed E-state index contributed by atoms with van der Waals surface area (Å²) in [5.74, 6) is 0. The van der Waals surface area contributed by atoms with E-state index in [1.807, 2.05) is 0 Å². The van der Waals surface area contributed by atoms with Crippen molar-refractivity contribution in [1.82, 2.24) is 9.80 Å². The summed E-state index contributed by atoms with van der Waals surface area (Å²) in [4.78, 5) is 7.29. The van der Waals surface area contributed by atoms with E-state index in [4.69, 9.17) is 0 Å². The molecule has 0 unspecified atom stereocenters. The summed E-state index contributed by atoms with van der Waals surface area (Å²) in [6.45, 7) is 9.77. The maximum Gasteiger partial charge on any atom is 0.0807 e. The standard InChI is InChI=1S/C21H33N3O2/c1-16-4-3-5-18(10-16)22-8-6-21(26,7-9-22)15-24-13-19-11-20(25)14-23(19)12-17(24)2/h3-5,10,17,19-20,25-26H,6-9,11-15H2,1-2H3/t17-,19+,20+/m0/s1. The van der Waals surface area contributed by atoms with Gasteiger partial charge in [0, 0.05) is 57.0 Å². The lowest BCUT2D eigenvalue weighted by atomic mass is 9.89. The van der Waals surface area contributed by atoms with E-state index in [2.05, 4.69) is 52.8 Å². The number of hydrogen-bond acceptors (Lipinski definition) is 5. The number of nitrogens with zero attached hydrogens (tertiary/aromatic N) is 3. The molecule has 0 aromatic heterocycles. The Hall–Kier alpha value is -1.14. The first-order valence-corrected chi connectivity index (χ1v) is 10.1. The lowest BCUT2D eigenvalue weighted by Crippen LogP contribution is -2.60. The van der Waals surface area contributed by atoms with E-state index in [0.717, 1.165) is 58.5 Å². The highest BCUT2D eigenvalue weighted by atomic mass is 16.3. The van der Waals surface area contributed by atoms with Gasteiger partial charge in [-0.05, 0) is 50.8 Å². The number of aliphatic hydroxyl groups excluding tert-OH is 1. The number of rotatable bonds is 3. The van der Waals surface area contributed by atoms with Crippen molar-refractivity contribution >= 4 is 5.69 Å². The number of aryl methyl sites for hydroxylation is 1. The molecule has 0 bridgehead atoms. The van der Waals surface area contributed by atoms with Gasteiger partial charge in [-0.3, -0.25) is 9.80 Å². The highest BCUT2D eigenvalue weighted by Crippen LogP contribution is 2.31. The Morgan fingerprint density at radius 3 is 2.65 bits per heavy atom. The van der Waals surface area contributed by atoms with Gasteiger partial charge in [-0.2, -0.15) is 0 Å². The van der Waals surface area contributed by atoms with Gasteiger partial charge >= 0.3 is 0 Å². The van der Waals surface area contributed by atoms with Crippen LogP contribution in [0.1, 0.15) is 31.7 Å². The number of β-amino-alcohol motifs (C(OH)–C–C–N with tert-alkyl or cyclic N) is 1. The summed E-state index contributed by atoms with van der Waals surface area (Å²) in [6.07, 6.45) is 2.35. The van der Waals surface area contributed by atoms with Crippen molar-refractivity contribution in [1.29, 1.82) is 0 Å². The Morgan fingerprint density at radius 2 is 1.92 bits per heavy atom. The van der Waals surface area contributed by atoms with E-state index < -0.39 is 5.60 Å². The Kier molecular flexibility index (Phi) is 4.99. The van der Waals surface area contributed by atoms with Crippen LogP contribution in [0.2, 0.25) is 0 Å². The van der Waals surface area contributed by atoms with E-state index >= 15 is 0 Å². The predicted molar refractivity (Wildman–Crippen MR) is 105 cm³/mol. The lowest BCUT2D eigenvalue weighted by molar-refractivity contribution is -0.0472. The normalized spacial score (nSPS) is 32.6. The zero-order valence-corrected chi connectivity index (χ0v) is 16.1. The van der Waals surface area contributed by atoms with E-state index in [1.54, 1.807) is 0 Å². The molecule has 3 saturated heterocycles. The number of fused-ring (bicyclic) bond motifs is 1. The van der Waals surface area contributed by atoms with Crippen molar-refractivity contribution in [2.45, 2.75) is 56.9 Å². The van der Waals surface area contributed by atoms with Gasteiger partial charge in [0.05, 0.1) is 11.7 Å². The molecule has 0 amide bonds. The molecule has 0 radical (unpaired) electrons. The topological polar surface area (TPSA) is 50.2 Å². The summed E-state index contributed by atoms with van der Waals surface area (Å²) in [5.41, 5.74) is 1.97. The monoisotopic (exact) mass is 359 g/mol. The number of aliphatic hydroxyl groups is 2. The molecule has 144 valence electrons. The van der Waals surface area contributed by atoms with E-state index in [-0.39, 0.29) is 6.10 Å². The number of piperidine rings is 1. The molecule has 26 heavy (non-hydrogen) atoms. The SMILES string of the molecule is Cc1cccc(N2CCC(O)(CN3C[C@H]4C[C@@H](O)CN4C[C@@H]3C)CC2)c1. The summed E-state index contributed by atoms with van der Waals surface area (Å²) in [5, 5.41) is 21.2. The Bertz CT molecular complexity index is 629. The summed E-state index contributed by atoms with van der Waals surface area (Å²) in [6, 6.07) is 9.54. The molecule has 0 saturated carbocycles.